The minimum absolute atomic E-state index is 0.103. The fourth-order valence-electron chi connectivity index (χ4n) is 1.63. The van der Waals surface area contributed by atoms with Crippen LogP contribution in [0.5, 0.6) is 0 Å². The second-order valence-electron chi connectivity index (χ2n) is 4.62. The molecule has 0 spiro atoms. The molecule has 0 fully saturated rings. The van der Waals surface area contributed by atoms with Crippen molar-refractivity contribution in [2.45, 2.75) is 12.8 Å². The fraction of sp³-hybridized carbons (Fsp3) is 0.278. The van der Waals surface area contributed by atoms with Crippen LogP contribution >= 0.6 is 0 Å². The summed E-state index contributed by atoms with van der Waals surface area (Å²) in [6, 6.07) is 0. The molecule has 6 nitrogen and oxygen atoms in total. The molecule has 0 heterocycles. The highest BCUT2D eigenvalue weighted by Gasteiger charge is 2.00. The molecular formula is C18H26N4O2. The molecule has 0 saturated carbocycles. The third-order valence-corrected chi connectivity index (χ3v) is 2.93. The standard InChI is InChI=1S/C18H26N4O2/c1-4-6-16(17(12-19)13-20)11-15(5-2)7-9-21-14-22-18(23)8-10-24-3/h4-6,9,11-13,19H,1-2,7-8,10,14,20H2,3H3,(H,22,23)/b15-11-,16-6+,17-13+,19-12?,21-9-. The topological polar surface area (TPSA) is 101 Å². The minimum atomic E-state index is -0.103. The van der Waals surface area contributed by atoms with Crippen LogP contribution in [0.25, 0.3) is 0 Å². The van der Waals surface area contributed by atoms with Crippen LogP contribution in [0.1, 0.15) is 12.8 Å². The summed E-state index contributed by atoms with van der Waals surface area (Å²) in [5.41, 5.74) is 7.76. The van der Waals surface area contributed by atoms with Gasteiger partial charge in [-0.3, -0.25) is 9.79 Å². The van der Waals surface area contributed by atoms with Gasteiger partial charge in [-0.1, -0.05) is 37.5 Å². The van der Waals surface area contributed by atoms with Crippen LogP contribution in [-0.2, 0) is 9.53 Å². The van der Waals surface area contributed by atoms with Gasteiger partial charge in [0, 0.05) is 44.2 Å². The van der Waals surface area contributed by atoms with E-state index >= 15 is 0 Å². The molecule has 0 rings (SSSR count). The van der Waals surface area contributed by atoms with E-state index in [1.165, 1.54) is 12.4 Å². The van der Waals surface area contributed by atoms with E-state index < -0.39 is 0 Å². The van der Waals surface area contributed by atoms with Crippen molar-refractivity contribution in [2.24, 2.45) is 10.7 Å². The molecule has 0 aromatic heterocycles. The predicted octanol–water partition coefficient (Wildman–Crippen LogP) is 2.27. The molecule has 0 aliphatic carbocycles. The Morgan fingerprint density at radius 2 is 2.12 bits per heavy atom. The highest BCUT2D eigenvalue weighted by atomic mass is 16.5. The van der Waals surface area contributed by atoms with Gasteiger partial charge in [0.05, 0.1) is 6.61 Å². The van der Waals surface area contributed by atoms with Gasteiger partial charge in [-0.15, -0.1) is 0 Å². The average Bonchev–Trinajstić information content (AvgIpc) is 2.59. The Balaban J connectivity index is 4.68. The number of hydrogen-bond donors (Lipinski definition) is 3. The van der Waals surface area contributed by atoms with Crippen molar-refractivity contribution in [3.8, 4) is 0 Å². The van der Waals surface area contributed by atoms with Crippen molar-refractivity contribution >= 4 is 18.3 Å². The van der Waals surface area contributed by atoms with E-state index in [9.17, 15) is 4.79 Å². The Kier molecular flexibility index (Phi) is 12.3. The number of nitrogens with one attached hydrogen (secondary N) is 2. The third kappa shape index (κ3) is 9.32. The number of allylic oxidation sites excluding steroid dienone is 7. The first kappa shape index (κ1) is 21.3. The van der Waals surface area contributed by atoms with Gasteiger partial charge in [0.2, 0.25) is 5.91 Å². The van der Waals surface area contributed by atoms with Gasteiger partial charge < -0.3 is 21.2 Å². The Morgan fingerprint density at radius 1 is 1.38 bits per heavy atom. The van der Waals surface area contributed by atoms with E-state index in [2.05, 4.69) is 23.5 Å². The quantitative estimate of drug-likeness (QED) is 0.378. The maximum atomic E-state index is 11.4. The van der Waals surface area contributed by atoms with Crippen molar-refractivity contribution in [3.05, 3.63) is 60.4 Å². The number of methoxy groups -OCH3 is 1. The highest BCUT2D eigenvalue weighted by molar-refractivity contribution is 5.84. The number of rotatable bonds is 12. The first-order valence-electron chi connectivity index (χ1n) is 7.45. The van der Waals surface area contributed by atoms with Crippen molar-refractivity contribution in [1.82, 2.24) is 5.32 Å². The largest absolute Gasteiger partial charge is 0.404 e. The van der Waals surface area contributed by atoms with E-state index in [1.807, 2.05) is 6.08 Å². The molecule has 0 bridgehead atoms. The summed E-state index contributed by atoms with van der Waals surface area (Å²) in [5.74, 6) is -0.103. The first-order valence-corrected chi connectivity index (χ1v) is 7.45. The average molecular weight is 330 g/mol. The summed E-state index contributed by atoms with van der Waals surface area (Å²) in [6.45, 7) is 8.04. The molecular weight excluding hydrogens is 304 g/mol. The lowest BCUT2D eigenvalue weighted by molar-refractivity contribution is -0.121. The van der Waals surface area contributed by atoms with Gasteiger partial charge in [-0.2, -0.15) is 0 Å². The van der Waals surface area contributed by atoms with Crippen LogP contribution in [0.15, 0.2) is 65.4 Å². The van der Waals surface area contributed by atoms with Crippen LogP contribution in [0, 0.1) is 5.41 Å². The zero-order valence-corrected chi connectivity index (χ0v) is 14.1. The summed E-state index contributed by atoms with van der Waals surface area (Å²) in [4.78, 5) is 15.5. The van der Waals surface area contributed by atoms with E-state index in [0.29, 0.717) is 25.0 Å². The number of nitrogens with two attached hydrogens (primary N) is 1. The molecule has 0 aliphatic heterocycles. The molecule has 0 aromatic carbocycles. The molecule has 0 aromatic rings. The monoisotopic (exact) mass is 330 g/mol. The van der Waals surface area contributed by atoms with Gasteiger partial charge in [-0.05, 0) is 11.1 Å². The third-order valence-electron chi connectivity index (χ3n) is 2.93. The van der Waals surface area contributed by atoms with Crippen LogP contribution < -0.4 is 11.1 Å². The molecule has 6 heteroatoms. The van der Waals surface area contributed by atoms with E-state index in [4.69, 9.17) is 15.9 Å². The minimum Gasteiger partial charge on any atom is -0.404 e. The van der Waals surface area contributed by atoms with Crippen LogP contribution in [0.2, 0.25) is 0 Å². The van der Waals surface area contributed by atoms with Crippen LogP contribution in [0.4, 0.5) is 0 Å². The zero-order chi connectivity index (χ0) is 18.2. The van der Waals surface area contributed by atoms with E-state index in [-0.39, 0.29) is 12.6 Å². The van der Waals surface area contributed by atoms with Crippen molar-refractivity contribution in [1.29, 1.82) is 5.41 Å². The summed E-state index contributed by atoms with van der Waals surface area (Å²) in [5, 5.41) is 10.0. The summed E-state index contributed by atoms with van der Waals surface area (Å²) in [6.07, 6.45) is 12.1. The van der Waals surface area contributed by atoms with Crippen LogP contribution in [0.3, 0.4) is 0 Å². The number of nitrogens with zero attached hydrogens (tertiary/aromatic N) is 1. The number of aliphatic imine (C=N–C) groups is 1. The highest BCUT2D eigenvalue weighted by Crippen LogP contribution is 2.14. The molecule has 130 valence electrons. The fourth-order valence-corrected chi connectivity index (χ4v) is 1.63. The maximum absolute atomic E-state index is 11.4. The van der Waals surface area contributed by atoms with Gasteiger partial charge in [-0.25, -0.2) is 0 Å². The second kappa shape index (κ2) is 13.9. The van der Waals surface area contributed by atoms with Gasteiger partial charge in [0.25, 0.3) is 0 Å². The lowest BCUT2D eigenvalue weighted by Gasteiger charge is -2.04. The molecule has 0 saturated heterocycles. The Bertz CT molecular complexity index is 557. The molecule has 24 heavy (non-hydrogen) atoms. The number of carbonyl (C=O) groups is 1. The summed E-state index contributed by atoms with van der Waals surface area (Å²) in [7, 11) is 1.55. The Hall–Kier alpha value is -2.73. The normalized spacial score (nSPS) is 13.0. The Morgan fingerprint density at radius 3 is 2.67 bits per heavy atom. The van der Waals surface area contributed by atoms with E-state index in [1.54, 1.807) is 31.6 Å². The van der Waals surface area contributed by atoms with Crippen molar-refractivity contribution in [3.63, 3.8) is 0 Å². The molecule has 0 unspecified atom stereocenters. The molecule has 1 amide bonds. The van der Waals surface area contributed by atoms with Gasteiger partial charge in [0.1, 0.15) is 6.67 Å². The number of hydrogen-bond acceptors (Lipinski definition) is 5. The summed E-state index contributed by atoms with van der Waals surface area (Å²) < 4.78 is 4.82. The second-order valence-corrected chi connectivity index (χ2v) is 4.62. The molecule has 4 N–H and O–H groups in total. The van der Waals surface area contributed by atoms with Gasteiger partial charge >= 0.3 is 0 Å². The van der Waals surface area contributed by atoms with Crippen LogP contribution in [-0.4, -0.2) is 38.7 Å². The van der Waals surface area contributed by atoms with Gasteiger partial charge in [0.15, 0.2) is 0 Å². The maximum Gasteiger partial charge on any atom is 0.223 e. The number of carbonyl (C=O) groups excluding carboxylic acids is 1. The van der Waals surface area contributed by atoms with Crippen molar-refractivity contribution in [2.75, 3.05) is 20.4 Å². The lowest BCUT2D eigenvalue weighted by atomic mass is 10.0. The molecule has 0 aliphatic rings. The summed E-state index contributed by atoms with van der Waals surface area (Å²) >= 11 is 0. The zero-order valence-electron chi connectivity index (χ0n) is 14.1. The molecule has 0 atom stereocenters. The first-order chi connectivity index (χ1) is 11.6. The predicted molar refractivity (Wildman–Crippen MR) is 100 cm³/mol. The van der Waals surface area contributed by atoms with Crippen molar-refractivity contribution < 1.29 is 9.53 Å². The number of amides is 1. The van der Waals surface area contributed by atoms with E-state index in [0.717, 1.165) is 11.1 Å². The number of ether oxygens (including phenoxy) is 1. The molecule has 0 radical (unpaired) electrons. The lowest BCUT2D eigenvalue weighted by Crippen LogP contribution is -2.24. The SMILES string of the molecule is C=C/C=C(\C=C(\C=C)C/C=N\CNC(=O)CCOC)C(/C=N)=C/N. The smallest absolute Gasteiger partial charge is 0.223 e. The Labute approximate surface area is 143 Å².